The van der Waals surface area contributed by atoms with Gasteiger partial charge in [0.1, 0.15) is 31.0 Å². The third-order valence-corrected chi connectivity index (χ3v) is 8.54. The van der Waals surface area contributed by atoms with Gasteiger partial charge in [-0.25, -0.2) is 0 Å². The molecule has 1 fully saturated rings. The number of rotatable bonds is 30. The Hall–Kier alpha value is -2.08. The van der Waals surface area contributed by atoms with Crippen molar-refractivity contribution in [2.75, 3.05) is 19.8 Å². The Morgan fingerprint density at radius 2 is 1.20 bits per heavy atom. The molecule has 6 atom stereocenters. The van der Waals surface area contributed by atoms with Crippen LogP contribution in [0.2, 0.25) is 0 Å². The molecule has 10 heteroatoms. The van der Waals surface area contributed by atoms with Crippen molar-refractivity contribution in [2.45, 2.75) is 179 Å². The number of hydrogen-bond acceptors (Lipinski definition) is 10. The van der Waals surface area contributed by atoms with Crippen molar-refractivity contribution in [1.29, 1.82) is 0 Å². The Kier molecular flexibility index (Phi) is 28.2. The van der Waals surface area contributed by atoms with E-state index in [0.29, 0.717) is 6.42 Å². The van der Waals surface area contributed by atoms with Crippen molar-refractivity contribution >= 4 is 11.9 Å². The molecule has 4 N–H and O–H groups in total. The van der Waals surface area contributed by atoms with Gasteiger partial charge in [0.15, 0.2) is 12.4 Å². The Labute approximate surface area is 295 Å². The van der Waals surface area contributed by atoms with E-state index in [9.17, 15) is 30.0 Å². The molecule has 1 saturated heterocycles. The second-order valence-electron chi connectivity index (χ2n) is 13.0. The summed E-state index contributed by atoms with van der Waals surface area (Å²) in [5.41, 5.74) is 0. The standard InChI is InChI=1S/C39H68O10/c1-3-5-7-9-11-12-13-14-15-16-17-18-19-20-22-24-26-28-35(42)48-32(30-46-34(41)27-25-23-21-10-8-6-4-2)31-47-39-38(45)37(44)36(43)33(29-40)49-39/h5,7,11-12,14-15,32-33,36-40,43-45H,3-4,6,8-10,13,16-31H2,1-2H3/b7-5-,12-11-,15-14-. The highest BCUT2D eigenvalue weighted by molar-refractivity contribution is 5.70. The van der Waals surface area contributed by atoms with Crippen molar-refractivity contribution in [2.24, 2.45) is 0 Å². The van der Waals surface area contributed by atoms with Gasteiger partial charge in [0.25, 0.3) is 0 Å². The zero-order valence-corrected chi connectivity index (χ0v) is 30.4. The van der Waals surface area contributed by atoms with Crippen LogP contribution in [0.3, 0.4) is 0 Å². The Morgan fingerprint density at radius 3 is 1.82 bits per heavy atom. The Bertz CT molecular complexity index is 902. The summed E-state index contributed by atoms with van der Waals surface area (Å²) in [6.45, 7) is 3.23. The zero-order chi connectivity index (χ0) is 36.0. The number of esters is 2. The number of allylic oxidation sites excluding steroid dienone is 6. The molecule has 0 aromatic heterocycles. The first-order valence-corrected chi connectivity index (χ1v) is 19.1. The van der Waals surface area contributed by atoms with Gasteiger partial charge in [-0.3, -0.25) is 9.59 Å². The molecule has 49 heavy (non-hydrogen) atoms. The summed E-state index contributed by atoms with van der Waals surface area (Å²) in [6.07, 6.45) is 24.6. The molecule has 1 aliphatic heterocycles. The van der Waals surface area contributed by atoms with Gasteiger partial charge in [0.2, 0.25) is 0 Å². The van der Waals surface area contributed by atoms with Crippen molar-refractivity contribution in [1.82, 2.24) is 0 Å². The van der Waals surface area contributed by atoms with Crippen molar-refractivity contribution in [3.63, 3.8) is 0 Å². The van der Waals surface area contributed by atoms with Crippen molar-refractivity contribution in [3.05, 3.63) is 36.5 Å². The van der Waals surface area contributed by atoms with Gasteiger partial charge in [-0.2, -0.15) is 0 Å². The van der Waals surface area contributed by atoms with Gasteiger partial charge in [0, 0.05) is 12.8 Å². The van der Waals surface area contributed by atoms with E-state index in [-0.39, 0.29) is 32.0 Å². The fourth-order valence-corrected chi connectivity index (χ4v) is 5.49. The van der Waals surface area contributed by atoms with E-state index in [1.807, 2.05) is 0 Å². The minimum atomic E-state index is -1.59. The fourth-order valence-electron chi connectivity index (χ4n) is 5.49. The summed E-state index contributed by atoms with van der Waals surface area (Å²) >= 11 is 0. The van der Waals surface area contributed by atoms with E-state index in [1.165, 1.54) is 38.5 Å². The van der Waals surface area contributed by atoms with Crippen LogP contribution in [0.15, 0.2) is 36.5 Å². The smallest absolute Gasteiger partial charge is 0.306 e. The number of carbonyl (C=O) groups is 2. The van der Waals surface area contributed by atoms with Gasteiger partial charge in [-0.05, 0) is 44.9 Å². The lowest BCUT2D eigenvalue weighted by atomic mass is 9.99. The monoisotopic (exact) mass is 696 g/mol. The molecule has 0 saturated carbocycles. The van der Waals surface area contributed by atoms with E-state index in [2.05, 4.69) is 50.3 Å². The van der Waals surface area contributed by atoms with E-state index in [1.54, 1.807) is 0 Å². The predicted octanol–water partition coefficient (Wildman–Crippen LogP) is 6.77. The molecule has 10 nitrogen and oxygen atoms in total. The number of aliphatic hydroxyl groups excluding tert-OH is 4. The Morgan fingerprint density at radius 1 is 0.653 bits per heavy atom. The largest absolute Gasteiger partial charge is 0.462 e. The third kappa shape index (κ3) is 23.1. The summed E-state index contributed by atoms with van der Waals surface area (Å²) in [6, 6.07) is 0. The normalized spacial score (nSPS) is 22.0. The lowest BCUT2D eigenvalue weighted by Gasteiger charge is -2.39. The minimum absolute atomic E-state index is 0.219. The highest BCUT2D eigenvalue weighted by Gasteiger charge is 2.44. The fraction of sp³-hybridized carbons (Fsp3) is 0.795. The molecule has 0 aromatic carbocycles. The SMILES string of the molecule is CC/C=C\C/C=C\C/C=C\CCCCCCCCCC(=O)OC(COC(=O)CCCCCCCCC)COC1OC(CO)C(O)C(O)C1O. The van der Waals surface area contributed by atoms with Crippen LogP contribution < -0.4 is 0 Å². The maximum atomic E-state index is 12.7. The van der Waals surface area contributed by atoms with Crippen molar-refractivity contribution in [3.8, 4) is 0 Å². The van der Waals surface area contributed by atoms with Gasteiger partial charge < -0.3 is 39.4 Å². The number of carbonyl (C=O) groups excluding carboxylic acids is 2. The minimum Gasteiger partial charge on any atom is -0.462 e. The topological polar surface area (TPSA) is 152 Å². The summed E-state index contributed by atoms with van der Waals surface area (Å²) < 4.78 is 22.0. The molecule has 6 unspecified atom stereocenters. The van der Waals surface area contributed by atoms with Crippen LogP contribution in [-0.4, -0.2) is 89.0 Å². The first kappa shape index (κ1) is 44.9. The second-order valence-corrected chi connectivity index (χ2v) is 13.0. The molecule has 1 rings (SSSR count). The maximum absolute atomic E-state index is 12.7. The first-order chi connectivity index (χ1) is 23.8. The lowest BCUT2D eigenvalue weighted by molar-refractivity contribution is -0.305. The molecule has 0 amide bonds. The molecular weight excluding hydrogens is 628 g/mol. The van der Waals surface area contributed by atoms with Gasteiger partial charge in [-0.1, -0.05) is 121 Å². The van der Waals surface area contributed by atoms with E-state index < -0.39 is 49.4 Å². The molecule has 0 aromatic rings. The van der Waals surface area contributed by atoms with E-state index in [0.717, 1.165) is 70.6 Å². The molecule has 1 heterocycles. The molecule has 0 spiro atoms. The average molecular weight is 697 g/mol. The highest BCUT2D eigenvalue weighted by Crippen LogP contribution is 2.22. The van der Waals surface area contributed by atoms with Crippen LogP contribution in [0.4, 0.5) is 0 Å². The average Bonchev–Trinajstić information content (AvgIpc) is 3.10. The van der Waals surface area contributed by atoms with E-state index in [4.69, 9.17) is 18.9 Å². The number of aliphatic hydroxyl groups is 4. The summed E-state index contributed by atoms with van der Waals surface area (Å²) in [5.74, 6) is -0.828. The van der Waals surface area contributed by atoms with Crippen LogP contribution in [0, 0.1) is 0 Å². The highest BCUT2D eigenvalue weighted by atomic mass is 16.7. The van der Waals surface area contributed by atoms with Gasteiger partial charge >= 0.3 is 11.9 Å². The van der Waals surface area contributed by atoms with E-state index >= 15 is 0 Å². The molecule has 0 aliphatic carbocycles. The summed E-state index contributed by atoms with van der Waals surface area (Å²) in [7, 11) is 0. The lowest BCUT2D eigenvalue weighted by Crippen LogP contribution is -2.59. The molecule has 284 valence electrons. The Balaban J connectivity index is 2.37. The van der Waals surface area contributed by atoms with Crippen LogP contribution >= 0.6 is 0 Å². The second kappa shape index (κ2) is 30.7. The zero-order valence-electron chi connectivity index (χ0n) is 30.4. The predicted molar refractivity (Wildman–Crippen MR) is 192 cm³/mol. The number of unbranched alkanes of at least 4 members (excludes halogenated alkanes) is 13. The third-order valence-electron chi connectivity index (χ3n) is 8.54. The van der Waals surface area contributed by atoms with Crippen LogP contribution in [0.5, 0.6) is 0 Å². The van der Waals surface area contributed by atoms with Gasteiger partial charge in [-0.15, -0.1) is 0 Å². The quantitative estimate of drug-likeness (QED) is 0.0360. The molecule has 0 radical (unpaired) electrons. The first-order valence-electron chi connectivity index (χ1n) is 19.1. The van der Waals surface area contributed by atoms with Crippen molar-refractivity contribution < 1.29 is 49.0 Å². The summed E-state index contributed by atoms with van der Waals surface area (Å²) in [5, 5.41) is 39.8. The van der Waals surface area contributed by atoms with Crippen LogP contribution in [-0.2, 0) is 28.5 Å². The summed E-state index contributed by atoms with van der Waals surface area (Å²) in [4.78, 5) is 25.0. The molecule has 1 aliphatic rings. The van der Waals surface area contributed by atoms with Crippen LogP contribution in [0.1, 0.15) is 142 Å². The van der Waals surface area contributed by atoms with Crippen LogP contribution in [0.25, 0.3) is 0 Å². The van der Waals surface area contributed by atoms with Gasteiger partial charge in [0.05, 0.1) is 13.2 Å². The maximum Gasteiger partial charge on any atom is 0.306 e. The number of hydrogen-bond donors (Lipinski definition) is 4. The molecular formula is C39H68O10. The molecule has 0 bridgehead atoms. The number of ether oxygens (including phenoxy) is 4.